The van der Waals surface area contributed by atoms with Gasteiger partial charge in [0, 0.05) is 8.07 Å². The highest BCUT2D eigenvalue weighted by molar-refractivity contribution is 6.78. The molecule has 0 heterocycles. The maximum Gasteiger partial charge on any atom is 0.0479 e. The molecular weight excluding hydrogens is 136 g/mol. The van der Waals surface area contributed by atoms with Crippen molar-refractivity contribution in [3.05, 3.63) is 0 Å². The normalized spacial score (nSPS) is 45.3. The van der Waals surface area contributed by atoms with E-state index in [0.29, 0.717) is 0 Å². The van der Waals surface area contributed by atoms with Gasteiger partial charge in [0.25, 0.3) is 0 Å². The Morgan fingerprint density at radius 2 is 1.50 bits per heavy atom. The number of hydrogen-bond donors (Lipinski definition) is 0. The van der Waals surface area contributed by atoms with E-state index in [2.05, 4.69) is 19.6 Å². The van der Waals surface area contributed by atoms with E-state index in [4.69, 9.17) is 0 Å². The second-order valence-corrected chi connectivity index (χ2v) is 10.5. The molecule has 58 valence electrons. The maximum absolute atomic E-state index is 2.54. The summed E-state index contributed by atoms with van der Waals surface area (Å²) in [4.78, 5) is 0. The first-order valence-electron chi connectivity index (χ1n) is 4.61. The van der Waals surface area contributed by atoms with Crippen LogP contribution in [0.2, 0.25) is 25.2 Å². The molecule has 2 atom stereocenters. The lowest BCUT2D eigenvalue weighted by Gasteiger charge is -2.17. The molecule has 0 aliphatic heterocycles. The molecule has 1 heteroatoms. The van der Waals surface area contributed by atoms with E-state index < -0.39 is 8.07 Å². The van der Waals surface area contributed by atoms with Gasteiger partial charge in [0.2, 0.25) is 0 Å². The van der Waals surface area contributed by atoms with E-state index in [0.717, 1.165) is 0 Å². The maximum atomic E-state index is 2.54. The second kappa shape index (κ2) is 1.88. The van der Waals surface area contributed by atoms with Crippen LogP contribution in [0.3, 0.4) is 0 Å². The van der Waals surface area contributed by atoms with Crippen LogP contribution >= 0.6 is 0 Å². The molecule has 2 rings (SSSR count). The topological polar surface area (TPSA) is 0 Å². The van der Waals surface area contributed by atoms with Gasteiger partial charge in [0.05, 0.1) is 0 Å². The highest BCUT2D eigenvalue weighted by atomic mass is 28.3. The zero-order valence-electron chi connectivity index (χ0n) is 7.35. The van der Waals surface area contributed by atoms with Crippen LogP contribution in [0, 0.1) is 11.8 Å². The zero-order chi connectivity index (χ0) is 7.35. The fourth-order valence-electron chi connectivity index (χ4n) is 3.11. The predicted octanol–water partition coefficient (Wildman–Crippen LogP) is 3.12. The molecule has 0 aromatic heterocycles. The molecule has 2 saturated carbocycles. The van der Waals surface area contributed by atoms with Crippen molar-refractivity contribution in [2.45, 2.75) is 44.4 Å². The molecule has 0 radical (unpaired) electrons. The molecule has 0 bridgehead atoms. The Morgan fingerprint density at radius 3 is 1.80 bits per heavy atom. The minimum atomic E-state index is -0.719. The summed E-state index contributed by atoms with van der Waals surface area (Å²) in [6.07, 6.45) is 4.68. The van der Waals surface area contributed by atoms with Crippen LogP contribution in [0.15, 0.2) is 0 Å². The van der Waals surface area contributed by atoms with Gasteiger partial charge in [0.1, 0.15) is 0 Å². The number of fused-ring (bicyclic) bond motifs is 1. The van der Waals surface area contributed by atoms with Crippen molar-refractivity contribution in [3.8, 4) is 0 Å². The molecule has 0 saturated heterocycles. The molecule has 2 fully saturated rings. The summed E-state index contributed by atoms with van der Waals surface area (Å²) < 4.78 is 0. The summed E-state index contributed by atoms with van der Waals surface area (Å²) in [5.41, 5.74) is 1.22. The Kier molecular flexibility index (Phi) is 1.29. The lowest BCUT2D eigenvalue weighted by atomic mass is 10.2. The van der Waals surface area contributed by atoms with Crippen molar-refractivity contribution in [1.82, 2.24) is 0 Å². The van der Waals surface area contributed by atoms with Gasteiger partial charge >= 0.3 is 0 Å². The highest BCUT2D eigenvalue weighted by Crippen LogP contribution is 2.65. The third-order valence-corrected chi connectivity index (χ3v) is 6.26. The van der Waals surface area contributed by atoms with Gasteiger partial charge in [0.15, 0.2) is 0 Å². The van der Waals surface area contributed by atoms with Gasteiger partial charge in [-0.25, -0.2) is 0 Å². The molecule has 0 amide bonds. The fraction of sp³-hybridized carbons (Fsp3) is 1.00. The number of rotatable bonds is 1. The molecule has 0 spiro atoms. The third kappa shape index (κ3) is 0.867. The van der Waals surface area contributed by atoms with Gasteiger partial charge in [-0.15, -0.1) is 0 Å². The summed E-state index contributed by atoms with van der Waals surface area (Å²) in [6.45, 7) is 7.61. The summed E-state index contributed by atoms with van der Waals surface area (Å²) in [6, 6.07) is 0. The van der Waals surface area contributed by atoms with Crippen LogP contribution < -0.4 is 0 Å². The average molecular weight is 154 g/mol. The molecule has 0 N–H and O–H groups in total. The molecular formula is C9H18Si. The van der Waals surface area contributed by atoms with E-state index in [1.165, 1.54) is 23.8 Å². The van der Waals surface area contributed by atoms with Crippen LogP contribution in [0.5, 0.6) is 0 Å². The third-order valence-electron chi connectivity index (χ3n) is 3.41. The van der Waals surface area contributed by atoms with Gasteiger partial charge in [-0.1, -0.05) is 38.9 Å². The van der Waals surface area contributed by atoms with Crippen molar-refractivity contribution in [2.75, 3.05) is 0 Å². The molecule has 0 aromatic rings. The van der Waals surface area contributed by atoms with E-state index >= 15 is 0 Å². The van der Waals surface area contributed by atoms with Crippen LogP contribution in [0.4, 0.5) is 0 Å². The van der Waals surface area contributed by atoms with Crippen molar-refractivity contribution >= 4 is 8.07 Å². The quantitative estimate of drug-likeness (QED) is 0.509. The smallest absolute Gasteiger partial charge is 0.0479 e. The first-order valence-corrected chi connectivity index (χ1v) is 8.18. The van der Waals surface area contributed by atoms with E-state index in [1.807, 2.05) is 0 Å². The van der Waals surface area contributed by atoms with Crippen LogP contribution in [0.25, 0.3) is 0 Å². The van der Waals surface area contributed by atoms with Gasteiger partial charge in [-0.3, -0.25) is 0 Å². The molecule has 0 nitrogen and oxygen atoms in total. The fourth-order valence-corrected chi connectivity index (χ4v) is 6.39. The SMILES string of the molecule is C[Si](C)(C)C1[C@@H]2CCC[C@@H]12. The summed E-state index contributed by atoms with van der Waals surface area (Å²) in [7, 11) is -0.719. The van der Waals surface area contributed by atoms with Crippen molar-refractivity contribution in [2.24, 2.45) is 11.8 Å². The monoisotopic (exact) mass is 154 g/mol. The zero-order valence-corrected chi connectivity index (χ0v) is 8.35. The van der Waals surface area contributed by atoms with E-state index in [9.17, 15) is 0 Å². The lowest BCUT2D eigenvalue weighted by Crippen LogP contribution is -2.22. The summed E-state index contributed by atoms with van der Waals surface area (Å²) in [5, 5.41) is 0. The minimum Gasteiger partial charge on any atom is -0.0693 e. The van der Waals surface area contributed by atoms with Gasteiger partial charge < -0.3 is 0 Å². The summed E-state index contributed by atoms with van der Waals surface area (Å²) >= 11 is 0. The predicted molar refractivity (Wildman–Crippen MR) is 47.9 cm³/mol. The number of hydrogen-bond acceptors (Lipinski definition) is 0. The first kappa shape index (κ1) is 6.90. The highest BCUT2D eigenvalue weighted by Gasteiger charge is 2.57. The Hall–Kier alpha value is 0.217. The Bertz CT molecular complexity index is 135. The first-order chi connectivity index (χ1) is 4.61. The molecule has 0 aromatic carbocycles. The Balaban J connectivity index is 2.01. The molecule has 10 heavy (non-hydrogen) atoms. The van der Waals surface area contributed by atoms with Crippen LogP contribution in [-0.4, -0.2) is 8.07 Å². The Labute approximate surface area is 65.0 Å². The van der Waals surface area contributed by atoms with Gasteiger partial charge in [-0.2, -0.15) is 0 Å². The average Bonchev–Trinajstić information content (AvgIpc) is 2.30. The second-order valence-electron chi connectivity index (χ2n) is 5.15. The van der Waals surface area contributed by atoms with Crippen LogP contribution in [-0.2, 0) is 0 Å². The van der Waals surface area contributed by atoms with Gasteiger partial charge in [-0.05, 0) is 17.4 Å². The van der Waals surface area contributed by atoms with E-state index in [-0.39, 0.29) is 0 Å². The van der Waals surface area contributed by atoms with Crippen molar-refractivity contribution in [3.63, 3.8) is 0 Å². The van der Waals surface area contributed by atoms with Crippen LogP contribution in [0.1, 0.15) is 19.3 Å². The van der Waals surface area contributed by atoms with Crippen molar-refractivity contribution < 1.29 is 0 Å². The van der Waals surface area contributed by atoms with E-state index in [1.54, 1.807) is 12.8 Å². The van der Waals surface area contributed by atoms with Crippen molar-refractivity contribution in [1.29, 1.82) is 0 Å². The minimum absolute atomic E-state index is 0.719. The lowest BCUT2D eigenvalue weighted by molar-refractivity contribution is 0.724. The summed E-state index contributed by atoms with van der Waals surface area (Å²) in [5.74, 6) is 2.40. The molecule has 2 aliphatic rings. The molecule has 0 unspecified atom stereocenters. The Morgan fingerprint density at radius 1 is 1.00 bits per heavy atom. The largest absolute Gasteiger partial charge is 0.0693 e. The standard InChI is InChI=1S/C9H18Si/c1-10(2,3)9-7-5-4-6-8(7)9/h7-9H,4-6H2,1-3H3/t7-,8-/m1/s1. The molecule has 2 aliphatic carbocycles.